The van der Waals surface area contributed by atoms with Gasteiger partial charge < -0.3 is 11.1 Å². The van der Waals surface area contributed by atoms with E-state index in [1.165, 1.54) is 0 Å². The molecule has 1 unspecified atom stereocenters. The highest BCUT2D eigenvalue weighted by molar-refractivity contribution is 7.99. The molecule has 0 aliphatic heterocycles. The van der Waals surface area contributed by atoms with Crippen LogP contribution < -0.4 is 11.1 Å². The van der Waals surface area contributed by atoms with Crippen LogP contribution in [0.5, 0.6) is 0 Å². The van der Waals surface area contributed by atoms with E-state index in [2.05, 4.69) is 26.1 Å². The highest BCUT2D eigenvalue weighted by Gasteiger charge is 2.13. The summed E-state index contributed by atoms with van der Waals surface area (Å²) in [6.45, 7) is 7.20. The number of primary amides is 1. The van der Waals surface area contributed by atoms with Crippen LogP contribution in [0.25, 0.3) is 0 Å². The summed E-state index contributed by atoms with van der Waals surface area (Å²) in [5.74, 6) is 2.41. The SMILES string of the molecule is CCSCCC(NCC(C)C)C(N)=O. The molecule has 0 aromatic carbocycles. The number of rotatable bonds is 8. The van der Waals surface area contributed by atoms with Gasteiger partial charge in [0.15, 0.2) is 0 Å². The molecule has 0 fully saturated rings. The number of hydrogen-bond donors (Lipinski definition) is 2. The van der Waals surface area contributed by atoms with Gasteiger partial charge in [0.25, 0.3) is 0 Å². The molecule has 0 aliphatic carbocycles. The number of amides is 1. The van der Waals surface area contributed by atoms with Crippen LogP contribution in [0.15, 0.2) is 0 Å². The zero-order chi connectivity index (χ0) is 11.0. The molecule has 1 amide bonds. The van der Waals surface area contributed by atoms with Crippen molar-refractivity contribution >= 4 is 17.7 Å². The number of carbonyl (C=O) groups excluding carboxylic acids is 1. The maximum atomic E-state index is 11.1. The first kappa shape index (κ1) is 13.8. The largest absolute Gasteiger partial charge is 0.368 e. The lowest BCUT2D eigenvalue weighted by Gasteiger charge is -2.16. The van der Waals surface area contributed by atoms with Crippen molar-refractivity contribution in [3.8, 4) is 0 Å². The minimum atomic E-state index is -0.234. The fraction of sp³-hybridized carbons (Fsp3) is 0.900. The van der Waals surface area contributed by atoms with Crippen molar-refractivity contribution in [1.29, 1.82) is 0 Å². The molecule has 0 radical (unpaired) electrons. The first-order chi connectivity index (χ1) is 6.57. The topological polar surface area (TPSA) is 55.1 Å². The number of nitrogens with one attached hydrogen (secondary N) is 1. The minimum absolute atomic E-state index is 0.156. The second-order valence-electron chi connectivity index (χ2n) is 3.74. The minimum Gasteiger partial charge on any atom is -0.368 e. The fourth-order valence-corrected chi connectivity index (χ4v) is 1.76. The smallest absolute Gasteiger partial charge is 0.234 e. The molecule has 0 rings (SSSR count). The Balaban J connectivity index is 3.72. The predicted octanol–water partition coefficient (Wildman–Crippen LogP) is 1.23. The molecule has 0 aromatic rings. The van der Waals surface area contributed by atoms with Gasteiger partial charge in [-0.1, -0.05) is 20.8 Å². The quantitative estimate of drug-likeness (QED) is 0.603. The molecular formula is C10H22N2OS. The van der Waals surface area contributed by atoms with Crippen LogP contribution in [0.4, 0.5) is 0 Å². The van der Waals surface area contributed by atoms with Crippen molar-refractivity contribution < 1.29 is 4.79 Å². The van der Waals surface area contributed by atoms with Gasteiger partial charge in [0, 0.05) is 0 Å². The average Bonchev–Trinajstić information content (AvgIpc) is 2.10. The Morgan fingerprint density at radius 1 is 1.50 bits per heavy atom. The van der Waals surface area contributed by atoms with E-state index in [1.54, 1.807) is 0 Å². The van der Waals surface area contributed by atoms with Gasteiger partial charge in [-0.3, -0.25) is 4.79 Å². The monoisotopic (exact) mass is 218 g/mol. The lowest BCUT2D eigenvalue weighted by atomic mass is 10.1. The van der Waals surface area contributed by atoms with Gasteiger partial charge in [0.05, 0.1) is 6.04 Å². The van der Waals surface area contributed by atoms with Crippen LogP contribution in [0.1, 0.15) is 27.2 Å². The lowest BCUT2D eigenvalue weighted by Crippen LogP contribution is -2.43. The summed E-state index contributed by atoms with van der Waals surface area (Å²) in [5, 5.41) is 3.19. The van der Waals surface area contributed by atoms with E-state index in [9.17, 15) is 4.79 Å². The van der Waals surface area contributed by atoms with E-state index in [0.29, 0.717) is 5.92 Å². The third-order valence-corrected chi connectivity index (χ3v) is 2.80. The summed E-state index contributed by atoms with van der Waals surface area (Å²) < 4.78 is 0. The molecule has 0 saturated heterocycles. The summed E-state index contributed by atoms with van der Waals surface area (Å²) in [7, 11) is 0. The summed E-state index contributed by atoms with van der Waals surface area (Å²) in [4.78, 5) is 11.1. The van der Waals surface area contributed by atoms with Gasteiger partial charge in [0.1, 0.15) is 0 Å². The maximum absolute atomic E-state index is 11.1. The van der Waals surface area contributed by atoms with Crippen molar-refractivity contribution in [2.75, 3.05) is 18.1 Å². The number of nitrogens with two attached hydrogens (primary N) is 1. The van der Waals surface area contributed by atoms with E-state index in [-0.39, 0.29) is 11.9 Å². The normalized spacial score (nSPS) is 13.1. The van der Waals surface area contributed by atoms with Gasteiger partial charge in [-0.25, -0.2) is 0 Å². The molecule has 0 bridgehead atoms. The van der Waals surface area contributed by atoms with Crippen molar-refractivity contribution in [2.45, 2.75) is 33.2 Å². The summed E-state index contributed by atoms with van der Waals surface area (Å²) in [6.07, 6.45) is 0.834. The highest BCUT2D eigenvalue weighted by atomic mass is 32.2. The van der Waals surface area contributed by atoms with E-state index in [1.807, 2.05) is 11.8 Å². The number of thioether (sulfide) groups is 1. The van der Waals surface area contributed by atoms with Crippen LogP contribution in [0.3, 0.4) is 0 Å². The zero-order valence-corrected chi connectivity index (χ0v) is 10.2. The number of hydrogen-bond acceptors (Lipinski definition) is 3. The third kappa shape index (κ3) is 7.21. The van der Waals surface area contributed by atoms with Gasteiger partial charge in [-0.05, 0) is 30.4 Å². The average molecular weight is 218 g/mol. The van der Waals surface area contributed by atoms with Gasteiger partial charge in [-0.15, -0.1) is 0 Å². The van der Waals surface area contributed by atoms with E-state index < -0.39 is 0 Å². The Bertz CT molecular complexity index is 162. The Hall–Kier alpha value is -0.220. The molecule has 1 atom stereocenters. The van der Waals surface area contributed by atoms with Crippen LogP contribution >= 0.6 is 11.8 Å². The van der Waals surface area contributed by atoms with Gasteiger partial charge in [-0.2, -0.15) is 11.8 Å². The molecule has 3 nitrogen and oxygen atoms in total. The van der Waals surface area contributed by atoms with E-state index in [0.717, 1.165) is 24.5 Å². The maximum Gasteiger partial charge on any atom is 0.234 e. The van der Waals surface area contributed by atoms with Crippen molar-refractivity contribution in [2.24, 2.45) is 11.7 Å². The third-order valence-electron chi connectivity index (χ3n) is 1.87. The van der Waals surface area contributed by atoms with E-state index >= 15 is 0 Å². The summed E-state index contributed by atoms with van der Waals surface area (Å²) in [5.41, 5.74) is 5.29. The Morgan fingerprint density at radius 2 is 2.14 bits per heavy atom. The fourth-order valence-electron chi connectivity index (χ4n) is 1.07. The molecule has 3 N–H and O–H groups in total. The first-order valence-corrected chi connectivity index (χ1v) is 6.33. The molecule has 4 heteroatoms. The second-order valence-corrected chi connectivity index (χ2v) is 5.14. The van der Waals surface area contributed by atoms with Crippen LogP contribution in [0, 0.1) is 5.92 Å². The number of carbonyl (C=O) groups is 1. The molecule has 0 aliphatic rings. The Morgan fingerprint density at radius 3 is 2.57 bits per heavy atom. The molecule has 0 aromatic heterocycles. The molecule has 14 heavy (non-hydrogen) atoms. The summed E-state index contributed by atoms with van der Waals surface area (Å²) >= 11 is 1.84. The molecule has 0 saturated carbocycles. The predicted molar refractivity (Wildman–Crippen MR) is 63.4 cm³/mol. The van der Waals surface area contributed by atoms with E-state index in [4.69, 9.17) is 5.73 Å². The van der Waals surface area contributed by atoms with Crippen molar-refractivity contribution in [1.82, 2.24) is 5.32 Å². The molecule has 84 valence electrons. The van der Waals surface area contributed by atoms with Crippen molar-refractivity contribution in [3.05, 3.63) is 0 Å². The standard InChI is InChI=1S/C10H22N2OS/c1-4-14-6-5-9(10(11)13)12-7-8(2)3/h8-9,12H,4-7H2,1-3H3,(H2,11,13). The van der Waals surface area contributed by atoms with Gasteiger partial charge in [0.2, 0.25) is 5.91 Å². The Kier molecular flexibility index (Phi) is 7.99. The molecular weight excluding hydrogens is 196 g/mol. The first-order valence-electron chi connectivity index (χ1n) is 5.18. The molecule has 0 heterocycles. The molecule has 0 spiro atoms. The van der Waals surface area contributed by atoms with Crippen molar-refractivity contribution in [3.63, 3.8) is 0 Å². The Labute approximate surface area is 91.2 Å². The van der Waals surface area contributed by atoms with Crippen LogP contribution in [-0.2, 0) is 4.79 Å². The highest BCUT2D eigenvalue weighted by Crippen LogP contribution is 2.04. The lowest BCUT2D eigenvalue weighted by molar-refractivity contribution is -0.120. The summed E-state index contributed by atoms with van der Waals surface area (Å²) in [6, 6.07) is -0.156. The zero-order valence-electron chi connectivity index (χ0n) is 9.38. The second kappa shape index (κ2) is 8.12. The van der Waals surface area contributed by atoms with Gasteiger partial charge >= 0.3 is 0 Å². The van der Waals surface area contributed by atoms with Crippen LogP contribution in [-0.4, -0.2) is 30.0 Å². The van der Waals surface area contributed by atoms with Crippen LogP contribution in [0.2, 0.25) is 0 Å².